The topological polar surface area (TPSA) is 23.5 Å². The summed E-state index contributed by atoms with van der Waals surface area (Å²) in [7, 11) is 0. The van der Waals surface area contributed by atoms with E-state index in [-0.39, 0.29) is 5.54 Å². The van der Waals surface area contributed by atoms with E-state index in [9.17, 15) is 5.11 Å². The van der Waals surface area contributed by atoms with Crippen LogP contribution >= 0.6 is 0 Å². The van der Waals surface area contributed by atoms with Gasteiger partial charge in [0.1, 0.15) is 0 Å². The zero-order chi connectivity index (χ0) is 8.60. The molecule has 0 aromatic rings. The number of hydrogen-bond acceptors (Lipinski definition) is 2. The van der Waals surface area contributed by atoms with Gasteiger partial charge in [-0.3, -0.25) is 4.90 Å². The van der Waals surface area contributed by atoms with Crippen LogP contribution in [0.5, 0.6) is 0 Å². The molecule has 0 radical (unpaired) electrons. The Balaban J connectivity index is 2.10. The fourth-order valence-corrected chi connectivity index (χ4v) is 2.80. The van der Waals surface area contributed by atoms with E-state index in [2.05, 4.69) is 11.8 Å². The van der Waals surface area contributed by atoms with Gasteiger partial charge in [0, 0.05) is 11.6 Å². The van der Waals surface area contributed by atoms with E-state index < -0.39 is 0 Å². The van der Waals surface area contributed by atoms with Gasteiger partial charge in [0.2, 0.25) is 0 Å². The van der Waals surface area contributed by atoms with Gasteiger partial charge < -0.3 is 5.11 Å². The number of rotatable bonds is 1. The molecule has 2 nitrogen and oxygen atoms in total. The number of aliphatic hydroxyl groups is 1. The van der Waals surface area contributed by atoms with Gasteiger partial charge in [0.25, 0.3) is 0 Å². The highest BCUT2D eigenvalue weighted by atomic mass is 16.3. The Bertz CT molecular complexity index is 171. The van der Waals surface area contributed by atoms with Gasteiger partial charge in [-0.2, -0.15) is 0 Å². The van der Waals surface area contributed by atoms with Crippen LogP contribution in [0.3, 0.4) is 0 Å². The Morgan fingerprint density at radius 3 is 3.00 bits per heavy atom. The number of nitrogens with zero attached hydrogens (tertiary/aromatic N) is 1. The second-order valence-corrected chi connectivity index (χ2v) is 4.54. The van der Waals surface area contributed by atoms with E-state index >= 15 is 0 Å². The third kappa shape index (κ3) is 1.17. The minimum atomic E-state index is 0.116. The van der Waals surface area contributed by atoms with Gasteiger partial charge in [-0.15, -0.1) is 0 Å². The van der Waals surface area contributed by atoms with E-state index in [1.807, 2.05) is 0 Å². The van der Waals surface area contributed by atoms with Crippen LogP contribution in [0.4, 0.5) is 0 Å². The molecular formula is C10H19NO. The van der Waals surface area contributed by atoms with Crippen molar-refractivity contribution < 1.29 is 5.11 Å². The molecule has 1 N–H and O–H groups in total. The average molecular weight is 169 g/mol. The predicted octanol–water partition coefficient (Wildman–Crippen LogP) is 1.39. The van der Waals surface area contributed by atoms with Crippen molar-refractivity contribution in [1.29, 1.82) is 0 Å². The van der Waals surface area contributed by atoms with Crippen LogP contribution in [-0.2, 0) is 0 Å². The summed E-state index contributed by atoms with van der Waals surface area (Å²) < 4.78 is 0. The number of fused-ring (bicyclic) bond motifs is 1. The summed E-state index contributed by atoms with van der Waals surface area (Å²) in [6.45, 7) is 3.75. The minimum Gasteiger partial charge on any atom is -0.394 e. The first-order valence-corrected chi connectivity index (χ1v) is 5.14. The lowest BCUT2D eigenvalue weighted by Crippen LogP contribution is -2.49. The quantitative estimate of drug-likeness (QED) is 0.641. The van der Waals surface area contributed by atoms with Crippen molar-refractivity contribution in [3.05, 3.63) is 0 Å². The van der Waals surface area contributed by atoms with Gasteiger partial charge >= 0.3 is 0 Å². The molecule has 2 atom stereocenters. The Labute approximate surface area is 74.6 Å². The summed E-state index contributed by atoms with van der Waals surface area (Å²) in [5.41, 5.74) is 0.116. The fourth-order valence-electron chi connectivity index (χ4n) is 2.80. The van der Waals surface area contributed by atoms with Gasteiger partial charge in [-0.05, 0) is 39.2 Å². The molecule has 0 aromatic carbocycles. The number of piperidine rings is 1. The van der Waals surface area contributed by atoms with E-state index in [4.69, 9.17) is 0 Å². The molecule has 70 valence electrons. The molecule has 2 heterocycles. The van der Waals surface area contributed by atoms with E-state index in [1.165, 1.54) is 38.6 Å². The second-order valence-electron chi connectivity index (χ2n) is 4.54. The Morgan fingerprint density at radius 2 is 2.25 bits per heavy atom. The summed E-state index contributed by atoms with van der Waals surface area (Å²) in [5, 5.41) is 9.32. The van der Waals surface area contributed by atoms with Crippen LogP contribution in [0.2, 0.25) is 0 Å². The molecule has 0 aliphatic carbocycles. The molecule has 12 heavy (non-hydrogen) atoms. The highest BCUT2D eigenvalue weighted by Gasteiger charge is 2.42. The molecule has 2 fully saturated rings. The Morgan fingerprint density at radius 1 is 1.42 bits per heavy atom. The standard InChI is InChI=1S/C10H19NO/c1-10(8-12)6-5-9-4-2-3-7-11(9)10/h9,12H,2-8H2,1H3. The van der Waals surface area contributed by atoms with Crippen molar-refractivity contribution >= 4 is 0 Å². The highest BCUT2D eigenvalue weighted by molar-refractivity contribution is 4.98. The SMILES string of the molecule is CC1(CO)CCC2CCCCN21. The Kier molecular flexibility index (Phi) is 2.13. The highest BCUT2D eigenvalue weighted by Crippen LogP contribution is 2.38. The molecule has 2 heteroatoms. The van der Waals surface area contributed by atoms with Crippen LogP contribution in [0.15, 0.2) is 0 Å². The summed E-state index contributed by atoms with van der Waals surface area (Å²) in [5.74, 6) is 0. The van der Waals surface area contributed by atoms with Crippen molar-refractivity contribution in [3.63, 3.8) is 0 Å². The van der Waals surface area contributed by atoms with Crippen LogP contribution in [0.25, 0.3) is 0 Å². The molecule has 2 rings (SSSR count). The molecule has 0 amide bonds. The molecule has 0 aromatic heterocycles. The molecule has 2 unspecified atom stereocenters. The number of aliphatic hydroxyl groups excluding tert-OH is 1. The lowest BCUT2D eigenvalue weighted by atomic mass is 10.00. The largest absolute Gasteiger partial charge is 0.394 e. The molecule has 2 aliphatic heterocycles. The van der Waals surface area contributed by atoms with Crippen LogP contribution in [0, 0.1) is 0 Å². The molecule has 0 bridgehead atoms. The Hall–Kier alpha value is -0.0800. The van der Waals surface area contributed by atoms with Gasteiger partial charge in [-0.25, -0.2) is 0 Å². The summed E-state index contributed by atoms with van der Waals surface area (Å²) in [6.07, 6.45) is 6.57. The summed E-state index contributed by atoms with van der Waals surface area (Å²) in [6, 6.07) is 0.788. The maximum Gasteiger partial charge on any atom is 0.0612 e. The third-order valence-electron chi connectivity index (χ3n) is 3.68. The molecule has 0 spiro atoms. The van der Waals surface area contributed by atoms with Gasteiger partial charge in [0.05, 0.1) is 6.61 Å². The summed E-state index contributed by atoms with van der Waals surface area (Å²) >= 11 is 0. The average Bonchev–Trinajstić information content (AvgIpc) is 2.46. The van der Waals surface area contributed by atoms with E-state index in [0.29, 0.717) is 6.61 Å². The van der Waals surface area contributed by atoms with Gasteiger partial charge in [0.15, 0.2) is 0 Å². The first-order chi connectivity index (χ1) is 5.76. The normalized spacial score (nSPS) is 43.0. The maximum absolute atomic E-state index is 9.32. The lowest BCUT2D eigenvalue weighted by Gasteiger charge is -2.40. The fraction of sp³-hybridized carbons (Fsp3) is 1.00. The lowest BCUT2D eigenvalue weighted by molar-refractivity contribution is 0.0373. The van der Waals surface area contributed by atoms with Crippen molar-refractivity contribution in [3.8, 4) is 0 Å². The third-order valence-corrected chi connectivity index (χ3v) is 3.68. The van der Waals surface area contributed by atoms with E-state index in [1.54, 1.807) is 0 Å². The monoisotopic (exact) mass is 169 g/mol. The van der Waals surface area contributed by atoms with Crippen molar-refractivity contribution in [2.75, 3.05) is 13.2 Å². The zero-order valence-corrected chi connectivity index (χ0v) is 7.92. The second kappa shape index (κ2) is 3.00. The zero-order valence-electron chi connectivity index (χ0n) is 7.92. The number of hydrogen-bond donors (Lipinski definition) is 1. The summed E-state index contributed by atoms with van der Waals surface area (Å²) in [4.78, 5) is 2.54. The molecular weight excluding hydrogens is 150 g/mol. The van der Waals surface area contributed by atoms with Crippen LogP contribution in [0.1, 0.15) is 39.0 Å². The van der Waals surface area contributed by atoms with E-state index in [0.717, 1.165) is 6.04 Å². The van der Waals surface area contributed by atoms with Crippen LogP contribution in [-0.4, -0.2) is 34.7 Å². The molecule has 2 aliphatic rings. The predicted molar refractivity (Wildman–Crippen MR) is 49.1 cm³/mol. The minimum absolute atomic E-state index is 0.116. The maximum atomic E-state index is 9.32. The molecule has 0 saturated carbocycles. The first-order valence-electron chi connectivity index (χ1n) is 5.14. The van der Waals surface area contributed by atoms with Crippen molar-refractivity contribution in [2.24, 2.45) is 0 Å². The van der Waals surface area contributed by atoms with Crippen LogP contribution < -0.4 is 0 Å². The van der Waals surface area contributed by atoms with Gasteiger partial charge in [-0.1, -0.05) is 6.42 Å². The van der Waals surface area contributed by atoms with Crippen molar-refractivity contribution in [2.45, 2.75) is 50.6 Å². The first kappa shape index (κ1) is 8.52. The smallest absolute Gasteiger partial charge is 0.0612 e. The van der Waals surface area contributed by atoms with Crippen molar-refractivity contribution in [1.82, 2.24) is 4.90 Å². The molecule has 2 saturated heterocycles.